The van der Waals surface area contributed by atoms with Crippen molar-refractivity contribution in [3.8, 4) is 11.3 Å². The van der Waals surface area contributed by atoms with Crippen molar-refractivity contribution in [2.45, 2.75) is 24.6 Å². The normalized spacial score (nSPS) is 21.4. The van der Waals surface area contributed by atoms with Gasteiger partial charge in [-0.1, -0.05) is 24.3 Å². The van der Waals surface area contributed by atoms with Gasteiger partial charge in [0.25, 0.3) is 0 Å². The van der Waals surface area contributed by atoms with E-state index in [2.05, 4.69) is 20.6 Å². The third-order valence-corrected chi connectivity index (χ3v) is 4.10. The largest absolute Gasteiger partial charge is 0.394 e. The molecule has 1 aromatic carbocycles. The molecule has 0 bridgehead atoms. The van der Waals surface area contributed by atoms with Crippen LogP contribution in [0.1, 0.15) is 18.0 Å². The molecule has 1 aliphatic rings. The van der Waals surface area contributed by atoms with E-state index in [1.54, 1.807) is 18.6 Å². The van der Waals surface area contributed by atoms with Crippen LogP contribution in [0.5, 0.6) is 0 Å². The van der Waals surface area contributed by atoms with Crippen LogP contribution in [0.15, 0.2) is 42.9 Å². The standard InChI is InChI=1S/C17H20N4O3/c22-10-16(21-17(24)14-7-13(23)8-20-14)12-3-1-11(2-4-12)15-9-18-5-6-19-15/h1-6,9,13-14,16,20,22-23H,7-8,10H2,(H,21,24)/t13-,14+,16+/m1/s1. The van der Waals surface area contributed by atoms with Gasteiger partial charge in [0.1, 0.15) is 0 Å². The Labute approximate surface area is 139 Å². The van der Waals surface area contributed by atoms with Crippen molar-refractivity contribution in [3.63, 3.8) is 0 Å². The lowest BCUT2D eigenvalue weighted by Crippen LogP contribution is -2.42. The van der Waals surface area contributed by atoms with Gasteiger partial charge in [0.2, 0.25) is 5.91 Å². The van der Waals surface area contributed by atoms with Gasteiger partial charge in [-0.3, -0.25) is 14.8 Å². The van der Waals surface area contributed by atoms with E-state index in [9.17, 15) is 15.0 Å². The average Bonchev–Trinajstić information content (AvgIpc) is 3.07. The first-order chi connectivity index (χ1) is 11.7. The van der Waals surface area contributed by atoms with Crippen molar-refractivity contribution in [2.24, 2.45) is 0 Å². The van der Waals surface area contributed by atoms with E-state index in [-0.39, 0.29) is 12.5 Å². The summed E-state index contributed by atoms with van der Waals surface area (Å²) in [6.07, 6.45) is 4.80. The number of aliphatic hydroxyl groups is 2. The second kappa shape index (κ2) is 7.48. The Morgan fingerprint density at radius 1 is 1.33 bits per heavy atom. The Kier molecular flexibility index (Phi) is 5.14. The van der Waals surface area contributed by atoms with Gasteiger partial charge in [0, 0.05) is 24.5 Å². The Morgan fingerprint density at radius 2 is 2.12 bits per heavy atom. The number of aromatic nitrogens is 2. The van der Waals surface area contributed by atoms with Crippen LogP contribution in [0.3, 0.4) is 0 Å². The molecule has 126 valence electrons. The van der Waals surface area contributed by atoms with Crippen molar-refractivity contribution in [1.82, 2.24) is 20.6 Å². The van der Waals surface area contributed by atoms with Gasteiger partial charge in [0.15, 0.2) is 0 Å². The van der Waals surface area contributed by atoms with Gasteiger partial charge in [-0.2, -0.15) is 0 Å². The van der Waals surface area contributed by atoms with Crippen molar-refractivity contribution >= 4 is 5.91 Å². The zero-order valence-corrected chi connectivity index (χ0v) is 13.1. The van der Waals surface area contributed by atoms with Crippen LogP contribution >= 0.6 is 0 Å². The average molecular weight is 328 g/mol. The number of hydrogen-bond donors (Lipinski definition) is 4. The minimum absolute atomic E-state index is 0.203. The van der Waals surface area contributed by atoms with Crippen molar-refractivity contribution < 1.29 is 15.0 Å². The molecule has 24 heavy (non-hydrogen) atoms. The van der Waals surface area contributed by atoms with Crippen LogP contribution in [-0.4, -0.2) is 51.4 Å². The molecule has 1 aromatic heterocycles. The Hall–Kier alpha value is -2.35. The summed E-state index contributed by atoms with van der Waals surface area (Å²) in [6, 6.07) is 6.54. The van der Waals surface area contributed by atoms with E-state index in [0.717, 1.165) is 16.8 Å². The molecular weight excluding hydrogens is 308 g/mol. The maximum absolute atomic E-state index is 12.2. The molecule has 1 aliphatic heterocycles. The topological polar surface area (TPSA) is 107 Å². The minimum Gasteiger partial charge on any atom is -0.394 e. The highest BCUT2D eigenvalue weighted by Crippen LogP contribution is 2.20. The lowest BCUT2D eigenvalue weighted by Gasteiger charge is -2.19. The van der Waals surface area contributed by atoms with E-state index in [4.69, 9.17) is 0 Å². The molecule has 2 aromatic rings. The summed E-state index contributed by atoms with van der Waals surface area (Å²) in [4.78, 5) is 20.5. The number of nitrogens with zero attached hydrogens (tertiary/aromatic N) is 2. The van der Waals surface area contributed by atoms with Gasteiger partial charge < -0.3 is 20.8 Å². The number of β-amino-alcohol motifs (C(OH)–C–C–N with tert-alkyl or cyclic N) is 1. The number of carbonyl (C=O) groups is 1. The van der Waals surface area contributed by atoms with Crippen LogP contribution in [0, 0.1) is 0 Å². The fourth-order valence-electron chi connectivity index (χ4n) is 2.76. The van der Waals surface area contributed by atoms with E-state index >= 15 is 0 Å². The van der Waals surface area contributed by atoms with Crippen molar-refractivity contribution in [3.05, 3.63) is 48.4 Å². The molecular formula is C17H20N4O3. The summed E-state index contributed by atoms with van der Waals surface area (Å²) in [5.41, 5.74) is 2.48. The third kappa shape index (κ3) is 3.76. The molecule has 0 spiro atoms. The van der Waals surface area contributed by atoms with Gasteiger partial charge in [-0.05, 0) is 12.0 Å². The van der Waals surface area contributed by atoms with Gasteiger partial charge in [0.05, 0.1) is 36.7 Å². The molecule has 7 nitrogen and oxygen atoms in total. The summed E-state index contributed by atoms with van der Waals surface area (Å²) >= 11 is 0. The predicted molar refractivity (Wildman–Crippen MR) is 87.9 cm³/mol. The van der Waals surface area contributed by atoms with E-state index in [1.165, 1.54) is 0 Å². The first kappa shape index (κ1) is 16.5. The quantitative estimate of drug-likeness (QED) is 0.616. The first-order valence-electron chi connectivity index (χ1n) is 7.86. The highest BCUT2D eigenvalue weighted by atomic mass is 16.3. The minimum atomic E-state index is -0.500. The molecule has 1 amide bonds. The number of amides is 1. The molecule has 3 rings (SSSR count). The summed E-state index contributed by atoms with van der Waals surface area (Å²) in [5.74, 6) is -0.219. The molecule has 1 saturated heterocycles. The molecule has 0 unspecified atom stereocenters. The predicted octanol–water partition coefficient (Wildman–Crippen LogP) is 0.0160. The van der Waals surface area contributed by atoms with Crippen LogP contribution in [0.4, 0.5) is 0 Å². The second-order valence-electron chi connectivity index (χ2n) is 5.81. The number of aliphatic hydroxyl groups excluding tert-OH is 2. The summed E-state index contributed by atoms with van der Waals surface area (Å²) in [5, 5.41) is 24.9. The molecule has 0 aliphatic carbocycles. The molecule has 7 heteroatoms. The lowest BCUT2D eigenvalue weighted by atomic mass is 10.0. The van der Waals surface area contributed by atoms with Crippen LogP contribution < -0.4 is 10.6 Å². The number of rotatable bonds is 5. The molecule has 3 atom stereocenters. The molecule has 0 radical (unpaired) electrons. The number of nitrogens with one attached hydrogen (secondary N) is 2. The monoisotopic (exact) mass is 328 g/mol. The lowest BCUT2D eigenvalue weighted by molar-refractivity contribution is -0.124. The fraction of sp³-hybridized carbons (Fsp3) is 0.353. The number of benzene rings is 1. The summed E-state index contributed by atoms with van der Waals surface area (Å²) in [6.45, 7) is 0.209. The highest BCUT2D eigenvalue weighted by molar-refractivity contribution is 5.82. The Morgan fingerprint density at radius 3 is 2.71 bits per heavy atom. The smallest absolute Gasteiger partial charge is 0.237 e. The van der Waals surface area contributed by atoms with Crippen LogP contribution in [-0.2, 0) is 4.79 Å². The van der Waals surface area contributed by atoms with Gasteiger partial charge >= 0.3 is 0 Å². The molecule has 1 fully saturated rings. The van der Waals surface area contributed by atoms with Crippen molar-refractivity contribution in [2.75, 3.05) is 13.2 Å². The SMILES string of the molecule is O=C(N[C@@H](CO)c1ccc(-c2cnccn2)cc1)[C@@H]1C[C@@H](O)CN1. The van der Waals surface area contributed by atoms with E-state index in [0.29, 0.717) is 13.0 Å². The van der Waals surface area contributed by atoms with Crippen molar-refractivity contribution in [1.29, 1.82) is 0 Å². The maximum Gasteiger partial charge on any atom is 0.237 e. The van der Waals surface area contributed by atoms with Gasteiger partial charge in [-0.15, -0.1) is 0 Å². The number of carbonyl (C=O) groups excluding carboxylic acids is 1. The third-order valence-electron chi connectivity index (χ3n) is 4.10. The zero-order chi connectivity index (χ0) is 16.9. The van der Waals surface area contributed by atoms with Crippen LogP contribution in [0.25, 0.3) is 11.3 Å². The van der Waals surface area contributed by atoms with Crippen LogP contribution in [0.2, 0.25) is 0 Å². The summed E-state index contributed by atoms with van der Waals surface area (Å²) in [7, 11) is 0. The Balaban J connectivity index is 1.68. The second-order valence-corrected chi connectivity index (χ2v) is 5.81. The summed E-state index contributed by atoms with van der Waals surface area (Å²) < 4.78 is 0. The Bertz CT molecular complexity index is 678. The number of hydrogen-bond acceptors (Lipinski definition) is 6. The molecule has 0 saturated carbocycles. The first-order valence-corrected chi connectivity index (χ1v) is 7.86. The van der Waals surface area contributed by atoms with E-state index < -0.39 is 18.2 Å². The molecule has 4 N–H and O–H groups in total. The van der Waals surface area contributed by atoms with E-state index in [1.807, 2.05) is 24.3 Å². The fourth-order valence-corrected chi connectivity index (χ4v) is 2.76. The van der Waals surface area contributed by atoms with Gasteiger partial charge in [-0.25, -0.2) is 0 Å². The zero-order valence-electron chi connectivity index (χ0n) is 13.1. The highest BCUT2D eigenvalue weighted by Gasteiger charge is 2.29. The molecule has 2 heterocycles. The maximum atomic E-state index is 12.2.